The molecule has 76 valence electrons. The number of nitrogens with two attached hydrogens (primary N) is 1. The lowest BCUT2D eigenvalue weighted by molar-refractivity contribution is 0.254. The second kappa shape index (κ2) is 2.97. The van der Waals surface area contributed by atoms with E-state index in [4.69, 9.17) is 5.73 Å². The highest BCUT2D eigenvalue weighted by Gasteiger charge is 2.24. The Balaban J connectivity index is 2.26. The summed E-state index contributed by atoms with van der Waals surface area (Å²) in [5.41, 5.74) is 7.56. The van der Waals surface area contributed by atoms with Gasteiger partial charge in [0.15, 0.2) is 0 Å². The lowest BCUT2D eigenvalue weighted by Crippen LogP contribution is -2.33. The number of carbonyl (C=O) groups excluding carboxylic acids is 1. The summed E-state index contributed by atoms with van der Waals surface area (Å²) in [7, 11) is 0. The van der Waals surface area contributed by atoms with Gasteiger partial charge in [0, 0.05) is 16.9 Å². The molecular formula is C11H10N2OS. The van der Waals surface area contributed by atoms with Crippen LogP contribution in [0, 0.1) is 0 Å². The Labute approximate surface area is 91.1 Å². The third-order valence-corrected chi connectivity index (χ3v) is 3.75. The molecule has 0 saturated carbocycles. The molecule has 1 aliphatic rings. The summed E-state index contributed by atoms with van der Waals surface area (Å²) in [5, 5.41) is 3.35. The molecule has 0 atom stereocenters. The molecule has 15 heavy (non-hydrogen) atoms. The summed E-state index contributed by atoms with van der Waals surface area (Å²) in [4.78, 5) is 12.8. The summed E-state index contributed by atoms with van der Waals surface area (Å²) in [6, 6.07) is 5.80. The van der Waals surface area contributed by atoms with Crippen molar-refractivity contribution in [2.24, 2.45) is 5.73 Å². The topological polar surface area (TPSA) is 46.3 Å². The number of amides is 2. The molecule has 0 saturated heterocycles. The maximum absolute atomic E-state index is 11.2. The number of thiophene rings is 1. The molecule has 3 rings (SSSR count). The van der Waals surface area contributed by atoms with Crippen molar-refractivity contribution in [3.05, 3.63) is 29.1 Å². The van der Waals surface area contributed by atoms with Crippen LogP contribution in [0.4, 0.5) is 10.5 Å². The zero-order chi connectivity index (χ0) is 10.4. The Hall–Kier alpha value is -1.55. The average Bonchev–Trinajstić information content (AvgIpc) is 2.82. The molecule has 0 spiro atoms. The van der Waals surface area contributed by atoms with Crippen molar-refractivity contribution in [2.75, 3.05) is 11.4 Å². The van der Waals surface area contributed by atoms with Gasteiger partial charge in [0.05, 0.1) is 0 Å². The van der Waals surface area contributed by atoms with Crippen LogP contribution in [0.2, 0.25) is 0 Å². The molecule has 0 unspecified atom stereocenters. The maximum Gasteiger partial charge on any atom is 0.319 e. The number of urea groups is 1. The predicted octanol–water partition coefficient (Wildman–Crippen LogP) is 2.34. The first-order valence-electron chi connectivity index (χ1n) is 4.83. The van der Waals surface area contributed by atoms with E-state index in [0.717, 1.165) is 12.1 Å². The summed E-state index contributed by atoms with van der Waals surface area (Å²) >= 11 is 1.73. The first-order chi connectivity index (χ1) is 7.27. The summed E-state index contributed by atoms with van der Waals surface area (Å²) < 4.78 is 1.28. The molecule has 2 heterocycles. The lowest BCUT2D eigenvalue weighted by atomic mass is 10.1. The van der Waals surface area contributed by atoms with Crippen LogP contribution in [0.15, 0.2) is 23.6 Å². The fourth-order valence-electron chi connectivity index (χ4n) is 2.18. The van der Waals surface area contributed by atoms with Crippen molar-refractivity contribution in [3.63, 3.8) is 0 Å². The number of hydrogen-bond donors (Lipinski definition) is 1. The third kappa shape index (κ3) is 1.15. The summed E-state index contributed by atoms with van der Waals surface area (Å²) in [6.07, 6.45) is 0.909. The van der Waals surface area contributed by atoms with Crippen LogP contribution >= 0.6 is 11.3 Å². The monoisotopic (exact) mass is 218 g/mol. The Morgan fingerprint density at radius 2 is 2.27 bits per heavy atom. The molecule has 1 aromatic carbocycles. The third-order valence-electron chi connectivity index (χ3n) is 2.86. The maximum atomic E-state index is 11.2. The Morgan fingerprint density at radius 3 is 3.07 bits per heavy atom. The van der Waals surface area contributed by atoms with E-state index in [-0.39, 0.29) is 6.03 Å². The van der Waals surface area contributed by atoms with Gasteiger partial charge in [-0.15, -0.1) is 11.3 Å². The molecule has 0 radical (unpaired) electrons. The predicted molar refractivity (Wildman–Crippen MR) is 62.5 cm³/mol. The summed E-state index contributed by atoms with van der Waals surface area (Å²) in [6.45, 7) is 0.708. The van der Waals surface area contributed by atoms with Crippen LogP contribution in [0.1, 0.15) is 5.56 Å². The molecule has 3 nitrogen and oxygen atoms in total. The van der Waals surface area contributed by atoms with Gasteiger partial charge in [0.1, 0.15) is 0 Å². The van der Waals surface area contributed by atoms with Gasteiger partial charge in [-0.25, -0.2) is 4.79 Å². The molecule has 0 fully saturated rings. The van der Waals surface area contributed by atoms with E-state index in [1.165, 1.54) is 15.6 Å². The van der Waals surface area contributed by atoms with Crippen LogP contribution in [0.3, 0.4) is 0 Å². The first kappa shape index (κ1) is 8.73. The normalized spacial score (nSPS) is 14.5. The fourth-order valence-corrected chi connectivity index (χ4v) is 3.00. The van der Waals surface area contributed by atoms with Gasteiger partial charge in [-0.05, 0) is 40.9 Å². The zero-order valence-corrected chi connectivity index (χ0v) is 8.88. The van der Waals surface area contributed by atoms with Gasteiger partial charge < -0.3 is 5.73 Å². The lowest BCUT2D eigenvalue weighted by Gasteiger charge is -2.13. The van der Waals surface area contributed by atoms with Crippen LogP contribution in [-0.2, 0) is 6.42 Å². The standard InChI is InChI=1S/C11H10N2OS/c12-11(14)13-5-3-7-8-4-6-15-10(8)2-1-9(7)13/h1-2,4,6H,3,5H2,(H2,12,14). The Bertz CT molecular complexity index is 547. The first-order valence-corrected chi connectivity index (χ1v) is 5.71. The van der Waals surface area contributed by atoms with Gasteiger partial charge in [0.2, 0.25) is 0 Å². The van der Waals surface area contributed by atoms with Crippen LogP contribution in [0.5, 0.6) is 0 Å². The molecular weight excluding hydrogens is 208 g/mol. The number of primary amides is 1. The molecule has 2 amide bonds. The molecule has 2 aromatic rings. The second-order valence-electron chi connectivity index (χ2n) is 3.64. The van der Waals surface area contributed by atoms with Crippen molar-refractivity contribution in [1.29, 1.82) is 0 Å². The van der Waals surface area contributed by atoms with E-state index in [2.05, 4.69) is 17.5 Å². The van der Waals surface area contributed by atoms with Gasteiger partial charge in [-0.1, -0.05) is 0 Å². The number of anilines is 1. The highest BCUT2D eigenvalue weighted by Crippen LogP contribution is 2.36. The van der Waals surface area contributed by atoms with Gasteiger partial charge >= 0.3 is 6.03 Å². The molecule has 0 bridgehead atoms. The fraction of sp³-hybridized carbons (Fsp3) is 0.182. The Morgan fingerprint density at radius 1 is 1.40 bits per heavy atom. The molecule has 2 N–H and O–H groups in total. The number of rotatable bonds is 0. The van der Waals surface area contributed by atoms with Crippen molar-refractivity contribution in [1.82, 2.24) is 0 Å². The van der Waals surface area contributed by atoms with Gasteiger partial charge in [-0.3, -0.25) is 4.90 Å². The van der Waals surface area contributed by atoms with Gasteiger partial charge in [0.25, 0.3) is 0 Å². The van der Waals surface area contributed by atoms with Crippen molar-refractivity contribution in [2.45, 2.75) is 6.42 Å². The number of fused-ring (bicyclic) bond motifs is 3. The van der Waals surface area contributed by atoms with E-state index in [9.17, 15) is 4.79 Å². The zero-order valence-electron chi connectivity index (χ0n) is 8.06. The minimum atomic E-state index is -0.358. The average molecular weight is 218 g/mol. The molecule has 4 heteroatoms. The number of benzene rings is 1. The molecule has 1 aliphatic heterocycles. The van der Waals surface area contributed by atoms with E-state index in [0.29, 0.717) is 6.54 Å². The highest BCUT2D eigenvalue weighted by atomic mass is 32.1. The summed E-state index contributed by atoms with van der Waals surface area (Å²) in [5.74, 6) is 0. The molecule has 0 aliphatic carbocycles. The van der Waals surface area contributed by atoms with Crippen LogP contribution < -0.4 is 10.6 Å². The SMILES string of the molecule is NC(=O)N1CCc2c1ccc1sccc21. The Kier molecular flexibility index (Phi) is 1.73. The van der Waals surface area contributed by atoms with Crippen LogP contribution in [-0.4, -0.2) is 12.6 Å². The number of carbonyl (C=O) groups is 1. The second-order valence-corrected chi connectivity index (χ2v) is 4.58. The van der Waals surface area contributed by atoms with Crippen molar-refractivity contribution in [3.8, 4) is 0 Å². The number of hydrogen-bond acceptors (Lipinski definition) is 2. The highest BCUT2D eigenvalue weighted by molar-refractivity contribution is 7.17. The van der Waals surface area contributed by atoms with Gasteiger partial charge in [-0.2, -0.15) is 0 Å². The van der Waals surface area contributed by atoms with E-state index in [1.807, 2.05) is 6.07 Å². The minimum Gasteiger partial charge on any atom is -0.351 e. The molecule has 1 aromatic heterocycles. The number of nitrogens with zero attached hydrogens (tertiary/aromatic N) is 1. The minimum absolute atomic E-state index is 0.358. The largest absolute Gasteiger partial charge is 0.351 e. The van der Waals surface area contributed by atoms with E-state index in [1.54, 1.807) is 16.2 Å². The van der Waals surface area contributed by atoms with Crippen LogP contribution in [0.25, 0.3) is 10.1 Å². The van der Waals surface area contributed by atoms with E-state index >= 15 is 0 Å². The van der Waals surface area contributed by atoms with Crippen molar-refractivity contribution >= 4 is 33.1 Å². The smallest absolute Gasteiger partial charge is 0.319 e. The van der Waals surface area contributed by atoms with Crippen molar-refractivity contribution < 1.29 is 4.79 Å². The quantitative estimate of drug-likeness (QED) is 0.724. The van der Waals surface area contributed by atoms with E-state index < -0.39 is 0 Å².